The van der Waals surface area contributed by atoms with Gasteiger partial charge in [0, 0.05) is 30.2 Å². The normalized spacial score (nSPS) is 19.5. The van der Waals surface area contributed by atoms with Crippen molar-refractivity contribution >= 4 is 18.5 Å². The average Bonchev–Trinajstić information content (AvgIpc) is 2.42. The highest BCUT2D eigenvalue weighted by atomic mass is 32.1. The Bertz CT molecular complexity index is 465. The van der Waals surface area contributed by atoms with Crippen LogP contribution in [0.25, 0.3) is 0 Å². The number of rotatable bonds is 3. The SMILES string of the molecule is CCOC1CCCN(C(=O)c2ccc(F)c(S)c2)C1. The van der Waals surface area contributed by atoms with Crippen LogP contribution in [0.1, 0.15) is 30.1 Å². The highest BCUT2D eigenvalue weighted by Gasteiger charge is 2.24. The third-order valence-corrected chi connectivity index (χ3v) is 3.60. The fourth-order valence-corrected chi connectivity index (χ4v) is 2.54. The lowest BCUT2D eigenvalue weighted by Gasteiger charge is -2.32. The number of benzene rings is 1. The maximum Gasteiger partial charge on any atom is 0.253 e. The molecular weight excluding hydrogens is 265 g/mol. The Morgan fingerprint density at radius 2 is 2.37 bits per heavy atom. The first-order chi connectivity index (χ1) is 9.11. The molecule has 1 fully saturated rings. The van der Waals surface area contributed by atoms with Crippen LogP contribution in [0, 0.1) is 5.82 Å². The van der Waals surface area contributed by atoms with E-state index in [0.717, 1.165) is 19.4 Å². The molecule has 1 heterocycles. The molecule has 1 aromatic carbocycles. The van der Waals surface area contributed by atoms with Crippen molar-refractivity contribution < 1.29 is 13.9 Å². The van der Waals surface area contributed by atoms with E-state index < -0.39 is 5.82 Å². The van der Waals surface area contributed by atoms with E-state index >= 15 is 0 Å². The van der Waals surface area contributed by atoms with E-state index in [-0.39, 0.29) is 16.9 Å². The summed E-state index contributed by atoms with van der Waals surface area (Å²) in [6.45, 7) is 3.94. The summed E-state index contributed by atoms with van der Waals surface area (Å²) < 4.78 is 18.7. The van der Waals surface area contributed by atoms with Gasteiger partial charge in [-0.2, -0.15) is 0 Å². The highest BCUT2D eigenvalue weighted by Crippen LogP contribution is 2.19. The largest absolute Gasteiger partial charge is 0.377 e. The summed E-state index contributed by atoms with van der Waals surface area (Å²) in [7, 11) is 0. The molecular formula is C14H18FNO2S. The lowest BCUT2D eigenvalue weighted by Crippen LogP contribution is -2.43. The number of likely N-dealkylation sites (tertiary alicyclic amines) is 1. The summed E-state index contributed by atoms with van der Waals surface area (Å²) in [5, 5.41) is 0. The third kappa shape index (κ3) is 3.48. The molecule has 1 amide bonds. The van der Waals surface area contributed by atoms with E-state index in [9.17, 15) is 9.18 Å². The predicted octanol–water partition coefficient (Wildman–Crippen LogP) is 2.76. The molecule has 0 spiro atoms. The van der Waals surface area contributed by atoms with E-state index in [0.29, 0.717) is 18.7 Å². The second-order valence-electron chi connectivity index (χ2n) is 4.64. The van der Waals surface area contributed by atoms with Gasteiger partial charge in [-0.15, -0.1) is 12.6 Å². The van der Waals surface area contributed by atoms with Crippen LogP contribution in [-0.2, 0) is 4.74 Å². The molecule has 2 rings (SSSR count). The molecule has 0 aromatic heterocycles. The summed E-state index contributed by atoms with van der Waals surface area (Å²) in [6, 6.07) is 4.26. The quantitative estimate of drug-likeness (QED) is 0.864. The number of amides is 1. The van der Waals surface area contributed by atoms with Crippen LogP contribution in [0.15, 0.2) is 23.1 Å². The Morgan fingerprint density at radius 3 is 3.05 bits per heavy atom. The molecule has 1 unspecified atom stereocenters. The van der Waals surface area contributed by atoms with Gasteiger partial charge in [-0.05, 0) is 38.0 Å². The number of nitrogens with zero attached hydrogens (tertiary/aromatic N) is 1. The fourth-order valence-electron chi connectivity index (χ4n) is 2.32. The molecule has 0 N–H and O–H groups in total. The lowest BCUT2D eigenvalue weighted by atomic mass is 10.1. The zero-order valence-electron chi connectivity index (χ0n) is 10.9. The van der Waals surface area contributed by atoms with Crippen molar-refractivity contribution in [3.8, 4) is 0 Å². The van der Waals surface area contributed by atoms with Gasteiger partial charge >= 0.3 is 0 Å². The van der Waals surface area contributed by atoms with Gasteiger partial charge in [0.05, 0.1) is 6.10 Å². The van der Waals surface area contributed by atoms with E-state index in [2.05, 4.69) is 12.6 Å². The second-order valence-corrected chi connectivity index (χ2v) is 5.12. The molecule has 1 aliphatic heterocycles. The Balaban J connectivity index is 2.08. The minimum absolute atomic E-state index is 0.0836. The van der Waals surface area contributed by atoms with Crippen LogP contribution in [0.5, 0.6) is 0 Å². The van der Waals surface area contributed by atoms with Crippen LogP contribution in [0.3, 0.4) is 0 Å². The molecule has 0 saturated carbocycles. The molecule has 3 nitrogen and oxygen atoms in total. The number of hydrogen-bond acceptors (Lipinski definition) is 3. The molecule has 19 heavy (non-hydrogen) atoms. The van der Waals surface area contributed by atoms with Gasteiger partial charge in [0.15, 0.2) is 0 Å². The first kappa shape index (κ1) is 14.3. The van der Waals surface area contributed by atoms with Crippen LogP contribution in [0.4, 0.5) is 4.39 Å². The summed E-state index contributed by atoms with van der Waals surface area (Å²) in [4.78, 5) is 14.3. The summed E-state index contributed by atoms with van der Waals surface area (Å²) in [5.41, 5.74) is 0.476. The first-order valence-corrected chi connectivity index (χ1v) is 6.96. The topological polar surface area (TPSA) is 29.5 Å². The zero-order valence-corrected chi connectivity index (χ0v) is 11.8. The third-order valence-electron chi connectivity index (χ3n) is 3.26. The second kappa shape index (κ2) is 6.39. The first-order valence-electron chi connectivity index (χ1n) is 6.51. The number of carbonyl (C=O) groups excluding carboxylic acids is 1. The number of thiol groups is 1. The van der Waals surface area contributed by atoms with Crippen LogP contribution in [0.2, 0.25) is 0 Å². The Kier molecular flexibility index (Phi) is 4.82. The number of ether oxygens (including phenoxy) is 1. The van der Waals surface area contributed by atoms with Crippen LogP contribution >= 0.6 is 12.6 Å². The molecule has 1 saturated heterocycles. The minimum atomic E-state index is -0.411. The molecule has 1 aliphatic rings. The molecule has 5 heteroatoms. The maximum absolute atomic E-state index is 13.1. The fraction of sp³-hybridized carbons (Fsp3) is 0.500. The van der Waals surface area contributed by atoms with Gasteiger partial charge in [0.1, 0.15) is 5.82 Å². The smallest absolute Gasteiger partial charge is 0.253 e. The average molecular weight is 283 g/mol. The Morgan fingerprint density at radius 1 is 1.58 bits per heavy atom. The van der Waals surface area contributed by atoms with Crippen LogP contribution < -0.4 is 0 Å². The highest BCUT2D eigenvalue weighted by molar-refractivity contribution is 7.80. The van der Waals surface area contributed by atoms with E-state index in [1.807, 2.05) is 6.92 Å². The lowest BCUT2D eigenvalue weighted by molar-refractivity contribution is 0.00723. The van der Waals surface area contributed by atoms with E-state index in [1.165, 1.54) is 18.2 Å². The predicted molar refractivity (Wildman–Crippen MR) is 74.2 cm³/mol. The molecule has 0 aliphatic carbocycles. The number of carbonyl (C=O) groups is 1. The minimum Gasteiger partial charge on any atom is -0.377 e. The molecule has 1 aromatic rings. The van der Waals surface area contributed by atoms with Crippen molar-refractivity contribution in [2.24, 2.45) is 0 Å². The number of piperidine rings is 1. The van der Waals surface area contributed by atoms with Crippen LogP contribution in [-0.4, -0.2) is 36.6 Å². The zero-order chi connectivity index (χ0) is 13.8. The van der Waals surface area contributed by atoms with Crippen molar-refractivity contribution in [3.63, 3.8) is 0 Å². The molecule has 0 bridgehead atoms. The maximum atomic E-state index is 13.1. The van der Waals surface area contributed by atoms with Crippen molar-refractivity contribution in [1.29, 1.82) is 0 Å². The molecule has 1 atom stereocenters. The van der Waals surface area contributed by atoms with Crippen molar-refractivity contribution in [1.82, 2.24) is 4.90 Å². The van der Waals surface area contributed by atoms with Gasteiger partial charge in [0.2, 0.25) is 0 Å². The number of hydrogen-bond donors (Lipinski definition) is 1. The summed E-state index contributed by atoms with van der Waals surface area (Å²) in [6.07, 6.45) is 2.03. The van der Waals surface area contributed by atoms with Crippen molar-refractivity contribution in [2.45, 2.75) is 30.8 Å². The van der Waals surface area contributed by atoms with E-state index in [4.69, 9.17) is 4.74 Å². The Labute approximate surface area is 118 Å². The number of halogens is 1. The van der Waals surface area contributed by atoms with Gasteiger partial charge in [0.25, 0.3) is 5.91 Å². The summed E-state index contributed by atoms with van der Waals surface area (Å²) >= 11 is 4.01. The standard InChI is InChI=1S/C14H18FNO2S/c1-2-18-11-4-3-7-16(9-11)14(17)10-5-6-12(15)13(19)8-10/h5-6,8,11,19H,2-4,7,9H2,1H3. The molecule has 104 valence electrons. The van der Waals surface area contributed by atoms with Gasteiger partial charge < -0.3 is 9.64 Å². The monoisotopic (exact) mass is 283 g/mol. The summed E-state index contributed by atoms with van der Waals surface area (Å²) in [5.74, 6) is -0.495. The van der Waals surface area contributed by atoms with Gasteiger partial charge in [-0.3, -0.25) is 4.79 Å². The van der Waals surface area contributed by atoms with Gasteiger partial charge in [-0.25, -0.2) is 4.39 Å². The van der Waals surface area contributed by atoms with E-state index in [1.54, 1.807) is 4.90 Å². The Hall–Kier alpha value is -1.07. The van der Waals surface area contributed by atoms with Crippen molar-refractivity contribution in [2.75, 3.05) is 19.7 Å². The molecule has 0 radical (unpaired) electrons. The van der Waals surface area contributed by atoms with Crippen molar-refractivity contribution in [3.05, 3.63) is 29.6 Å². The van der Waals surface area contributed by atoms with Gasteiger partial charge in [-0.1, -0.05) is 0 Å².